The molecule has 3 nitrogen and oxygen atoms in total. The minimum atomic E-state index is -0.302. The first-order chi connectivity index (χ1) is 6.86. The fourth-order valence-corrected chi connectivity index (χ4v) is 1.73. The zero-order valence-corrected chi connectivity index (χ0v) is 7.60. The van der Waals surface area contributed by atoms with Crippen LogP contribution in [0.3, 0.4) is 0 Å². The van der Waals surface area contributed by atoms with Gasteiger partial charge in [-0.2, -0.15) is 0 Å². The van der Waals surface area contributed by atoms with Gasteiger partial charge in [0.25, 0.3) is 0 Å². The highest BCUT2D eigenvalue weighted by molar-refractivity contribution is 6.05. The van der Waals surface area contributed by atoms with Crippen LogP contribution >= 0.6 is 0 Å². The minimum absolute atomic E-state index is 0.0813. The summed E-state index contributed by atoms with van der Waals surface area (Å²) in [5, 5.41) is 0. The Labute approximate surface area is 81.6 Å². The van der Waals surface area contributed by atoms with Gasteiger partial charge in [-0.05, 0) is 11.1 Å². The van der Waals surface area contributed by atoms with Gasteiger partial charge < -0.3 is 9.47 Å². The molecule has 2 unspecified atom stereocenters. The van der Waals surface area contributed by atoms with Crippen LogP contribution < -0.4 is 0 Å². The molecule has 1 saturated carbocycles. The summed E-state index contributed by atoms with van der Waals surface area (Å²) >= 11 is 0. The van der Waals surface area contributed by atoms with E-state index in [2.05, 4.69) is 0 Å². The molecule has 3 rings (SSSR count). The van der Waals surface area contributed by atoms with Crippen LogP contribution in [0.5, 0.6) is 0 Å². The number of carbonyl (C=O) groups excluding carboxylic acids is 1. The van der Waals surface area contributed by atoms with E-state index in [-0.39, 0.29) is 18.0 Å². The molecule has 0 saturated heterocycles. The zero-order chi connectivity index (χ0) is 9.54. The van der Waals surface area contributed by atoms with E-state index in [1.807, 2.05) is 24.3 Å². The molecule has 0 N–H and O–H groups in total. The Bertz CT molecular complexity index is 351. The topological polar surface area (TPSA) is 35.5 Å². The number of hydrogen-bond acceptors (Lipinski definition) is 3. The number of Topliss-reactive ketones (excluding diaryl/α,β-unsaturated/α-hetero) is 1. The molecule has 0 aromatic heterocycles. The molecule has 0 spiro atoms. The molecule has 0 radical (unpaired) electrons. The summed E-state index contributed by atoms with van der Waals surface area (Å²) < 4.78 is 10.8. The van der Waals surface area contributed by atoms with Gasteiger partial charge in [0.2, 0.25) is 0 Å². The lowest BCUT2D eigenvalue weighted by Crippen LogP contribution is -2.10. The molecule has 1 aromatic rings. The summed E-state index contributed by atoms with van der Waals surface area (Å²) in [6, 6.07) is 7.95. The summed E-state index contributed by atoms with van der Waals surface area (Å²) in [7, 11) is 0. The van der Waals surface area contributed by atoms with Crippen LogP contribution in [0.25, 0.3) is 0 Å². The van der Waals surface area contributed by atoms with Crippen molar-refractivity contribution in [3.8, 4) is 0 Å². The van der Waals surface area contributed by atoms with Crippen molar-refractivity contribution >= 4 is 5.78 Å². The van der Waals surface area contributed by atoms with Crippen LogP contribution in [0.4, 0.5) is 0 Å². The van der Waals surface area contributed by atoms with Gasteiger partial charge in [0.15, 0.2) is 18.0 Å². The van der Waals surface area contributed by atoms with Crippen molar-refractivity contribution in [2.45, 2.75) is 25.4 Å². The lowest BCUT2D eigenvalue weighted by Gasteiger charge is -2.12. The number of ketones is 1. The highest BCUT2D eigenvalue weighted by atomic mass is 16.6. The number of benzene rings is 1. The maximum absolute atomic E-state index is 11.1. The lowest BCUT2D eigenvalue weighted by atomic mass is 10.1. The second kappa shape index (κ2) is 2.90. The Morgan fingerprint density at radius 2 is 1.50 bits per heavy atom. The molecule has 72 valence electrons. The maximum atomic E-state index is 11.1. The first-order valence-electron chi connectivity index (χ1n) is 4.70. The first kappa shape index (κ1) is 8.15. The maximum Gasteiger partial charge on any atom is 0.196 e. The van der Waals surface area contributed by atoms with Gasteiger partial charge in [-0.15, -0.1) is 0 Å². The van der Waals surface area contributed by atoms with Gasteiger partial charge in [0.05, 0.1) is 13.2 Å². The van der Waals surface area contributed by atoms with E-state index in [0.717, 1.165) is 11.1 Å². The van der Waals surface area contributed by atoms with Crippen molar-refractivity contribution in [1.29, 1.82) is 0 Å². The largest absolute Gasteiger partial charge is 0.362 e. The third-order valence-electron chi connectivity index (χ3n) is 2.68. The van der Waals surface area contributed by atoms with Crippen LogP contribution in [-0.4, -0.2) is 18.0 Å². The Morgan fingerprint density at radius 3 is 2.00 bits per heavy atom. The molecular weight excluding hydrogens is 180 g/mol. The smallest absolute Gasteiger partial charge is 0.196 e. The summed E-state index contributed by atoms with van der Waals surface area (Å²) in [6.45, 7) is 1.04. The van der Waals surface area contributed by atoms with Gasteiger partial charge >= 0.3 is 0 Å². The molecule has 1 fully saturated rings. The number of hydrogen-bond donors (Lipinski definition) is 0. The minimum Gasteiger partial charge on any atom is -0.362 e. The fourth-order valence-electron chi connectivity index (χ4n) is 1.73. The predicted octanol–water partition coefficient (Wildman–Crippen LogP) is 1.05. The highest BCUT2D eigenvalue weighted by Gasteiger charge is 2.52. The van der Waals surface area contributed by atoms with E-state index in [4.69, 9.17) is 9.47 Å². The summed E-state index contributed by atoms with van der Waals surface area (Å²) in [5.41, 5.74) is 2.23. The molecule has 0 amide bonds. The molecule has 3 heteroatoms. The van der Waals surface area contributed by atoms with Crippen LogP contribution in [0.2, 0.25) is 0 Å². The van der Waals surface area contributed by atoms with Crippen molar-refractivity contribution in [3.05, 3.63) is 35.4 Å². The number of carbonyl (C=O) groups is 1. The van der Waals surface area contributed by atoms with Crippen molar-refractivity contribution < 1.29 is 14.3 Å². The quantitative estimate of drug-likeness (QED) is 0.613. The van der Waals surface area contributed by atoms with Crippen LogP contribution in [0.1, 0.15) is 11.1 Å². The van der Waals surface area contributed by atoms with E-state index in [1.54, 1.807) is 0 Å². The molecule has 0 bridgehead atoms. The number of fused-ring (bicyclic) bond motifs is 2. The molecule has 1 aliphatic carbocycles. The first-order valence-corrected chi connectivity index (χ1v) is 4.70. The van der Waals surface area contributed by atoms with Gasteiger partial charge in [-0.25, -0.2) is 0 Å². The van der Waals surface area contributed by atoms with Crippen LogP contribution in [0.15, 0.2) is 24.3 Å². The lowest BCUT2D eigenvalue weighted by molar-refractivity contribution is -0.115. The van der Waals surface area contributed by atoms with Gasteiger partial charge in [-0.1, -0.05) is 24.3 Å². The second-order valence-electron chi connectivity index (χ2n) is 3.63. The SMILES string of the molecule is O=C1C2OCc3ccccc3COC12. The Balaban J connectivity index is 1.89. The average Bonchev–Trinajstić information content (AvgIpc) is 2.78. The molecule has 1 aliphatic heterocycles. The summed E-state index contributed by atoms with van der Waals surface area (Å²) in [4.78, 5) is 11.1. The van der Waals surface area contributed by atoms with Crippen molar-refractivity contribution in [2.24, 2.45) is 0 Å². The van der Waals surface area contributed by atoms with Crippen molar-refractivity contribution in [1.82, 2.24) is 0 Å². The Hall–Kier alpha value is -1.19. The van der Waals surface area contributed by atoms with Gasteiger partial charge in [-0.3, -0.25) is 4.79 Å². The molecule has 14 heavy (non-hydrogen) atoms. The van der Waals surface area contributed by atoms with Crippen molar-refractivity contribution in [3.63, 3.8) is 0 Å². The number of rotatable bonds is 0. The summed E-state index contributed by atoms with van der Waals surface area (Å²) in [6.07, 6.45) is -0.605. The Morgan fingerprint density at radius 1 is 1.00 bits per heavy atom. The Kier molecular flexibility index (Phi) is 1.69. The monoisotopic (exact) mass is 190 g/mol. The van der Waals surface area contributed by atoms with Crippen LogP contribution in [0, 0.1) is 0 Å². The molecule has 2 aliphatic rings. The molecular formula is C11H10O3. The molecule has 2 atom stereocenters. The van der Waals surface area contributed by atoms with E-state index in [0.29, 0.717) is 13.2 Å². The zero-order valence-electron chi connectivity index (χ0n) is 7.60. The molecule has 1 aromatic carbocycles. The standard InChI is InChI=1S/C11H10O3/c12-9-10-11(9)14-6-8-4-2-1-3-7(8)5-13-10/h1-4,10-11H,5-6H2. The van der Waals surface area contributed by atoms with E-state index < -0.39 is 0 Å². The van der Waals surface area contributed by atoms with Crippen molar-refractivity contribution in [2.75, 3.05) is 0 Å². The molecule has 1 heterocycles. The fraction of sp³-hybridized carbons (Fsp3) is 0.364. The van der Waals surface area contributed by atoms with Gasteiger partial charge in [0.1, 0.15) is 0 Å². The third-order valence-corrected chi connectivity index (χ3v) is 2.68. The van der Waals surface area contributed by atoms with E-state index in [1.165, 1.54) is 0 Å². The van der Waals surface area contributed by atoms with Gasteiger partial charge in [0, 0.05) is 0 Å². The highest BCUT2D eigenvalue weighted by Crippen LogP contribution is 2.29. The normalized spacial score (nSPS) is 29.9. The average molecular weight is 190 g/mol. The summed E-state index contributed by atoms with van der Waals surface area (Å²) in [5.74, 6) is 0.0813. The number of ether oxygens (including phenoxy) is 2. The predicted molar refractivity (Wildman–Crippen MR) is 48.6 cm³/mol. The third kappa shape index (κ3) is 1.17. The second-order valence-corrected chi connectivity index (χ2v) is 3.63. The van der Waals surface area contributed by atoms with Crippen LogP contribution in [-0.2, 0) is 27.5 Å². The van der Waals surface area contributed by atoms with E-state index >= 15 is 0 Å². The van der Waals surface area contributed by atoms with E-state index in [9.17, 15) is 4.79 Å².